The second-order valence-electron chi connectivity index (χ2n) is 6.13. The number of rotatable bonds is 8. The predicted molar refractivity (Wildman–Crippen MR) is 108 cm³/mol. The maximum absolute atomic E-state index is 12.1. The van der Waals surface area contributed by atoms with E-state index in [4.69, 9.17) is 13.9 Å². The maximum Gasteiger partial charge on any atom is 0.331 e. The third-order valence-electron chi connectivity index (χ3n) is 4.02. The molecule has 0 saturated carbocycles. The summed E-state index contributed by atoms with van der Waals surface area (Å²) in [4.78, 5) is 22.4. The van der Waals surface area contributed by atoms with Crippen LogP contribution in [0.15, 0.2) is 59.0 Å². The zero-order chi connectivity index (χ0) is 21.5. The number of hydrogen-bond donors (Lipinski definition) is 0. The Morgan fingerprint density at radius 1 is 1.20 bits per heavy atom. The molecule has 3 rings (SSSR count). The molecule has 30 heavy (non-hydrogen) atoms. The number of benzene rings is 2. The van der Waals surface area contributed by atoms with Gasteiger partial charge in [-0.2, -0.15) is 0 Å². The van der Waals surface area contributed by atoms with E-state index >= 15 is 0 Å². The highest BCUT2D eigenvalue weighted by molar-refractivity contribution is 5.87. The van der Waals surface area contributed by atoms with Crippen molar-refractivity contribution in [3.05, 3.63) is 76.2 Å². The molecular formula is C21H19N3O6. The molecule has 0 aliphatic heterocycles. The Labute approximate surface area is 172 Å². The number of esters is 1. The molecule has 0 spiro atoms. The molecule has 154 valence electrons. The lowest BCUT2D eigenvalue weighted by molar-refractivity contribution is -0.384. The van der Waals surface area contributed by atoms with Crippen LogP contribution in [0.2, 0.25) is 0 Å². The standard InChI is InChI=1S/C21H19N3O6/c1-3-28-18-7-5-4-6-15(18)10-13-19(25)29-14(2)20-22-23-21(30-20)16-8-11-17(12-9-16)24(26)27/h4-14H,3H2,1-2H3/b13-10+. The van der Waals surface area contributed by atoms with E-state index < -0.39 is 17.0 Å². The largest absolute Gasteiger partial charge is 0.493 e. The Hall–Kier alpha value is -4.01. The van der Waals surface area contributed by atoms with Gasteiger partial charge in [-0.1, -0.05) is 18.2 Å². The number of hydrogen-bond acceptors (Lipinski definition) is 8. The molecule has 0 amide bonds. The van der Waals surface area contributed by atoms with Gasteiger partial charge in [0.1, 0.15) is 5.75 Å². The number of ether oxygens (including phenoxy) is 2. The Kier molecular flexibility index (Phi) is 6.53. The summed E-state index contributed by atoms with van der Waals surface area (Å²) in [6.07, 6.45) is 2.13. The van der Waals surface area contributed by atoms with Crippen molar-refractivity contribution >= 4 is 17.7 Å². The molecule has 0 bridgehead atoms. The van der Waals surface area contributed by atoms with Crippen molar-refractivity contribution in [3.63, 3.8) is 0 Å². The molecule has 0 aliphatic rings. The van der Waals surface area contributed by atoms with Crippen molar-refractivity contribution in [1.29, 1.82) is 0 Å². The molecule has 3 aromatic rings. The SMILES string of the molecule is CCOc1ccccc1/C=C/C(=O)OC(C)c1nnc(-c2ccc([N+](=O)[O-])cc2)o1. The molecule has 9 heteroatoms. The minimum atomic E-state index is -0.774. The Morgan fingerprint density at radius 2 is 1.93 bits per heavy atom. The minimum Gasteiger partial charge on any atom is -0.493 e. The Bertz CT molecular complexity index is 1060. The fourth-order valence-corrected chi connectivity index (χ4v) is 2.57. The van der Waals surface area contributed by atoms with Crippen LogP contribution in [0, 0.1) is 10.1 Å². The first-order valence-electron chi connectivity index (χ1n) is 9.16. The van der Waals surface area contributed by atoms with Crippen LogP contribution in [-0.4, -0.2) is 27.7 Å². The second kappa shape index (κ2) is 9.46. The van der Waals surface area contributed by atoms with E-state index in [0.29, 0.717) is 17.9 Å². The second-order valence-corrected chi connectivity index (χ2v) is 6.13. The third kappa shape index (κ3) is 5.07. The summed E-state index contributed by atoms with van der Waals surface area (Å²) in [6, 6.07) is 13.0. The van der Waals surface area contributed by atoms with Crippen molar-refractivity contribution in [2.24, 2.45) is 0 Å². The van der Waals surface area contributed by atoms with E-state index in [-0.39, 0.29) is 17.5 Å². The Morgan fingerprint density at radius 3 is 2.63 bits per heavy atom. The van der Waals surface area contributed by atoms with Gasteiger partial charge in [-0.15, -0.1) is 10.2 Å². The monoisotopic (exact) mass is 409 g/mol. The van der Waals surface area contributed by atoms with E-state index in [9.17, 15) is 14.9 Å². The van der Waals surface area contributed by atoms with E-state index in [2.05, 4.69) is 10.2 Å². The maximum atomic E-state index is 12.1. The summed E-state index contributed by atoms with van der Waals surface area (Å²) in [7, 11) is 0. The van der Waals surface area contributed by atoms with Crippen LogP contribution in [0.25, 0.3) is 17.5 Å². The van der Waals surface area contributed by atoms with Crippen LogP contribution < -0.4 is 4.74 Å². The molecule has 1 heterocycles. The Balaban J connectivity index is 1.64. The first-order valence-corrected chi connectivity index (χ1v) is 9.16. The van der Waals surface area contributed by atoms with Gasteiger partial charge in [0.2, 0.25) is 5.89 Å². The van der Waals surface area contributed by atoms with Crippen LogP contribution in [0.3, 0.4) is 0 Å². The molecule has 9 nitrogen and oxygen atoms in total. The summed E-state index contributed by atoms with van der Waals surface area (Å²) >= 11 is 0. The zero-order valence-electron chi connectivity index (χ0n) is 16.3. The fourth-order valence-electron chi connectivity index (χ4n) is 2.57. The molecule has 0 radical (unpaired) electrons. The van der Waals surface area contributed by atoms with Crippen molar-refractivity contribution in [2.75, 3.05) is 6.61 Å². The van der Waals surface area contributed by atoms with E-state index in [1.54, 1.807) is 13.0 Å². The number of carbonyl (C=O) groups is 1. The van der Waals surface area contributed by atoms with E-state index in [1.807, 2.05) is 31.2 Å². The lowest BCUT2D eigenvalue weighted by Crippen LogP contribution is -2.06. The third-order valence-corrected chi connectivity index (χ3v) is 4.02. The number of non-ortho nitro benzene ring substituents is 1. The summed E-state index contributed by atoms with van der Waals surface area (Å²) in [5, 5.41) is 18.5. The number of nitro groups is 1. The van der Waals surface area contributed by atoms with Crippen molar-refractivity contribution in [3.8, 4) is 17.2 Å². The lowest BCUT2D eigenvalue weighted by Gasteiger charge is -2.08. The van der Waals surface area contributed by atoms with Gasteiger partial charge in [-0.05, 0) is 38.1 Å². The van der Waals surface area contributed by atoms with Crippen LogP contribution >= 0.6 is 0 Å². The predicted octanol–water partition coefficient (Wildman–Crippen LogP) is 4.36. The molecule has 0 N–H and O–H groups in total. The number of aromatic nitrogens is 2. The zero-order valence-corrected chi connectivity index (χ0v) is 16.3. The first kappa shape index (κ1) is 20.7. The molecule has 1 aromatic heterocycles. The van der Waals surface area contributed by atoms with Gasteiger partial charge in [-0.3, -0.25) is 10.1 Å². The molecule has 0 fully saturated rings. The average Bonchev–Trinajstić information content (AvgIpc) is 3.24. The van der Waals surface area contributed by atoms with Gasteiger partial charge in [0, 0.05) is 29.3 Å². The molecule has 2 aromatic carbocycles. The van der Waals surface area contributed by atoms with Gasteiger partial charge in [0.05, 0.1) is 11.5 Å². The van der Waals surface area contributed by atoms with Crippen LogP contribution in [0.4, 0.5) is 5.69 Å². The lowest BCUT2D eigenvalue weighted by atomic mass is 10.2. The summed E-state index contributed by atoms with van der Waals surface area (Å²) in [6.45, 7) is 4.00. The normalized spacial score (nSPS) is 11.9. The number of para-hydroxylation sites is 1. The van der Waals surface area contributed by atoms with Crippen molar-refractivity contribution in [2.45, 2.75) is 20.0 Å². The highest BCUT2D eigenvalue weighted by Gasteiger charge is 2.18. The minimum absolute atomic E-state index is 0.0431. The van der Waals surface area contributed by atoms with Crippen molar-refractivity contribution < 1.29 is 23.6 Å². The average molecular weight is 409 g/mol. The van der Waals surface area contributed by atoms with Crippen LogP contribution in [0.1, 0.15) is 31.4 Å². The highest BCUT2D eigenvalue weighted by atomic mass is 16.6. The fraction of sp³-hybridized carbons (Fsp3) is 0.190. The van der Waals surface area contributed by atoms with Crippen LogP contribution in [0.5, 0.6) is 5.75 Å². The van der Waals surface area contributed by atoms with E-state index in [0.717, 1.165) is 5.56 Å². The van der Waals surface area contributed by atoms with E-state index in [1.165, 1.54) is 30.3 Å². The number of nitrogens with zero attached hydrogens (tertiary/aromatic N) is 3. The molecule has 1 atom stereocenters. The topological polar surface area (TPSA) is 118 Å². The number of nitro benzene ring substituents is 1. The first-order chi connectivity index (χ1) is 14.5. The van der Waals surface area contributed by atoms with Gasteiger partial charge in [0.15, 0.2) is 6.10 Å². The molecule has 0 saturated heterocycles. The smallest absolute Gasteiger partial charge is 0.331 e. The van der Waals surface area contributed by atoms with Gasteiger partial charge in [-0.25, -0.2) is 4.79 Å². The number of carbonyl (C=O) groups excluding carboxylic acids is 1. The molecular weight excluding hydrogens is 390 g/mol. The summed E-state index contributed by atoms with van der Waals surface area (Å²) in [5.41, 5.74) is 1.23. The van der Waals surface area contributed by atoms with Crippen molar-refractivity contribution in [1.82, 2.24) is 10.2 Å². The van der Waals surface area contributed by atoms with Crippen LogP contribution in [-0.2, 0) is 9.53 Å². The molecule has 1 unspecified atom stereocenters. The highest BCUT2D eigenvalue weighted by Crippen LogP contribution is 2.25. The van der Waals surface area contributed by atoms with Gasteiger partial charge in [0.25, 0.3) is 11.6 Å². The molecule has 0 aliphatic carbocycles. The summed E-state index contributed by atoms with van der Waals surface area (Å²) in [5.74, 6) is 0.370. The van der Waals surface area contributed by atoms with Gasteiger partial charge < -0.3 is 13.9 Å². The quantitative estimate of drug-likeness (QED) is 0.233. The summed E-state index contributed by atoms with van der Waals surface area (Å²) < 4.78 is 16.3. The van der Waals surface area contributed by atoms with Gasteiger partial charge >= 0.3 is 5.97 Å².